The molecule has 1 aliphatic heterocycles. The van der Waals surface area contributed by atoms with Crippen LogP contribution in [0.1, 0.15) is 0 Å². The summed E-state index contributed by atoms with van der Waals surface area (Å²) in [5, 5.41) is 41.4. The van der Waals surface area contributed by atoms with Gasteiger partial charge in [0.2, 0.25) is 5.91 Å². The van der Waals surface area contributed by atoms with E-state index in [0.29, 0.717) is 5.69 Å². The Balaban J connectivity index is 1.99. The fourth-order valence-electron chi connectivity index (χ4n) is 2.19. The standard InChI is InChI=1S/C14H20N2O6S/c15-10(18)6-23-8-3-1-7(2-4-8)16-14-13(21)12(20)11(19)9(5-17)22-14/h1-4,9,11-14,16-17,19-21H,5-6H2,(H2,15,18). The number of amides is 1. The third kappa shape index (κ3) is 4.56. The van der Waals surface area contributed by atoms with Gasteiger partial charge in [0.1, 0.15) is 24.4 Å². The van der Waals surface area contributed by atoms with Crippen molar-refractivity contribution >= 4 is 23.4 Å². The summed E-state index contributed by atoms with van der Waals surface area (Å²) in [6.45, 7) is -0.480. The van der Waals surface area contributed by atoms with Gasteiger partial charge in [-0.05, 0) is 24.3 Å². The lowest BCUT2D eigenvalue weighted by molar-refractivity contribution is -0.221. The van der Waals surface area contributed by atoms with E-state index in [2.05, 4.69) is 5.32 Å². The first-order valence-corrected chi connectivity index (χ1v) is 7.99. The molecule has 0 saturated carbocycles. The van der Waals surface area contributed by atoms with Crippen LogP contribution in [-0.4, -0.2) is 69.3 Å². The van der Waals surface area contributed by atoms with Crippen LogP contribution in [-0.2, 0) is 9.53 Å². The molecule has 128 valence electrons. The van der Waals surface area contributed by atoms with Crippen molar-refractivity contribution in [2.45, 2.75) is 35.5 Å². The van der Waals surface area contributed by atoms with E-state index in [1.54, 1.807) is 24.3 Å². The first kappa shape index (κ1) is 18.0. The molecule has 1 aromatic carbocycles. The van der Waals surface area contributed by atoms with E-state index in [4.69, 9.17) is 15.6 Å². The van der Waals surface area contributed by atoms with E-state index in [-0.39, 0.29) is 5.75 Å². The third-order valence-corrected chi connectivity index (χ3v) is 4.47. The summed E-state index contributed by atoms with van der Waals surface area (Å²) in [5.41, 5.74) is 5.69. The average molecular weight is 344 g/mol. The summed E-state index contributed by atoms with van der Waals surface area (Å²) in [7, 11) is 0. The molecule has 5 unspecified atom stereocenters. The number of aliphatic hydroxyl groups is 4. The van der Waals surface area contributed by atoms with E-state index in [0.717, 1.165) is 4.90 Å². The maximum Gasteiger partial charge on any atom is 0.227 e. The molecule has 7 N–H and O–H groups in total. The zero-order valence-corrected chi connectivity index (χ0v) is 13.0. The lowest BCUT2D eigenvalue weighted by atomic mass is 9.98. The summed E-state index contributed by atoms with van der Waals surface area (Å²) < 4.78 is 5.36. The molecular weight excluding hydrogens is 324 g/mol. The molecule has 0 spiro atoms. The molecule has 8 nitrogen and oxygen atoms in total. The molecule has 1 fully saturated rings. The van der Waals surface area contributed by atoms with Gasteiger partial charge >= 0.3 is 0 Å². The molecule has 1 aromatic rings. The predicted octanol–water partition coefficient (Wildman–Crippen LogP) is -1.52. The molecular formula is C14H20N2O6S. The minimum absolute atomic E-state index is 0.180. The van der Waals surface area contributed by atoms with Gasteiger partial charge in [0.05, 0.1) is 12.4 Å². The van der Waals surface area contributed by atoms with E-state index in [9.17, 15) is 20.1 Å². The molecule has 0 bridgehead atoms. The second kappa shape index (κ2) is 7.95. The highest BCUT2D eigenvalue weighted by molar-refractivity contribution is 8.00. The molecule has 0 aromatic heterocycles. The number of carbonyl (C=O) groups excluding carboxylic acids is 1. The van der Waals surface area contributed by atoms with Crippen LogP contribution in [0, 0.1) is 0 Å². The Kier molecular flexibility index (Phi) is 6.22. The molecule has 1 saturated heterocycles. The molecule has 1 amide bonds. The zero-order valence-electron chi connectivity index (χ0n) is 12.2. The van der Waals surface area contributed by atoms with E-state index >= 15 is 0 Å². The van der Waals surface area contributed by atoms with Gasteiger partial charge in [0.25, 0.3) is 0 Å². The fraction of sp³-hybridized carbons (Fsp3) is 0.500. The zero-order chi connectivity index (χ0) is 17.0. The lowest BCUT2D eigenvalue weighted by Crippen LogP contribution is -2.60. The van der Waals surface area contributed by atoms with Crippen molar-refractivity contribution in [1.82, 2.24) is 0 Å². The van der Waals surface area contributed by atoms with Crippen LogP contribution in [0.5, 0.6) is 0 Å². The Morgan fingerprint density at radius 3 is 2.39 bits per heavy atom. The van der Waals surface area contributed by atoms with Gasteiger partial charge in [-0.1, -0.05) is 0 Å². The maximum absolute atomic E-state index is 10.7. The second-order valence-electron chi connectivity index (χ2n) is 5.17. The van der Waals surface area contributed by atoms with Gasteiger partial charge in [-0.15, -0.1) is 11.8 Å². The van der Waals surface area contributed by atoms with Crippen LogP contribution in [0.25, 0.3) is 0 Å². The minimum atomic E-state index is -1.43. The van der Waals surface area contributed by atoms with E-state index < -0.39 is 43.2 Å². The number of nitrogens with two attached hydrogens (primary N) is 1. The van der Waals surface area contributed by atoms with Gasteiger partial charge in [0.15, 0.2) is 6.23 Å². The summed E-state index contributed by atoms with van der Waals surface area (Å²) in [6.07, 6.45) is -6.10. The van der Waals surface area contributed by atoms with Gasteiger partial charge < -0.3 is 36.2 Å². The summed E-state index contributed by atoms with van der Waals surface area (Å²) in [5.74, 6) is -0.224. The van der Waals surface area contributed by atoms with Crippen LogP contribution >= 0.6 is 11.8 Å². The van der Waals surface area contributed by atoms with E-state index in [1.165, 1.54) is 11.8 Å². The van der Waals surface area contributed by atoms with Crippen LogP contribution in [0.2, 0.25) is 0 Å². The third-order valence-electron chi connectivity index (χ3n) is 3.44. The van der Waals surface area contributed by atoms with Crippen LogP contribution in [0.15, 0.2) is 29.2 Å². The Bertz CT molecular complexity index is 527. The van der Waals surface area contributed by atoms with Gasteiger partial charge in [-0.2, -0.15) is 0 Å². The van der Waals surface area contributed by atoms with Crippen molar-refractivity contribution in [3.63, 3.8) is 0 Å². The van der Waals surface area contributed by atoms with Crippen LogP contribution in [0.3, 0.4) is 0 Å². The maximum atomic E-state index is 10.7. The van der Waals surface area contributed by atoms with Crippen molar-refractivity contribution in [1.29, 1.82) is 0 Å². The summed E-state index contributed by atoms with van der Waals surface area (Å²) >= 11 is 1.30. The number of ether oxygens (including phenoxy) is 1. The SMILES string of the molecule is NC(=O)CSc1ccc(NC2OC(CO)C(O)C(O)C2O)cc1. The smallest absolute Gasteiger partial charge is 0.227 e. The number of aliphatic hydroxyl groups excluding tert-OH is 4. The molecule has 23 heavy (non-hydrogen) atoms. The first-order chi connectivity index (χ1) is 10.9. The van der Waals surface area contributed by atoms with Gasteiger partial charge in [-0.3, -0.25) is 4.79 Å². The minimum Gasteiger partial charge on any atom is -0.394 e. The fourth-order valence-corrected chi connectivity index (χ4v) is 2.82. The first-order valence-electron chi connectivity index (χ1n) is 7.00. The monoisotopic (exact) mass is 344 g/mol. The number of anilines is 1. The van der Waals surface area contributed by atoms with Gasteiger partial charge in [-0.25, -0.2) is 0 Å². The Labute approximate surface area is 137 Å². The number of thioether (sulfide) groups is 1. The Morgan fingerprint density at radius 2 is 1.83 bits per heavy atom. The molecule has 0 radical (unpaired) electrons. The lowest BCUT2D eigenvalue weighted by Gasteiger charge is -2.40. The van der Waals surface area contributed by atoms with E-state index in [1.807, 2.05) is 0 Å². The van der Waals surface area contributed by atoms with Crippen molar-refractivity contribution in [2.24, 2.45) is 5.73 Å². The highest BCUT2D eigenvalue weighted by Gasteiger charge is 2.43. The molecule has 1 heterocycles. The number of benzene rings is 1. The molecule has 9 heteroatoms. The molecule has 0 aliphatic carbocycles. The molecule has 5 atom stereocenters. The van der Waals surface area contributed by atoms with Crippen molar-refractivity contribution in [2.75, 3.05) is 17.7 Å². The predicted molar refractivity (Wildman–Crippen MR) is 83.8 cm³/mol. The number of carbonyl (C=O) groups is 1. The van der Waals surface area contributed by atoms with Gasteiger partial charge in [0, 0.05) is 10.6 Å². The summed E-state index contributed by atoms with van der Waals surface area (Å²) in [6, 6.07) is 6.95. The number of rotatable bonds is 6. The molecule has 2 rings (SSSR count). The van der Waals surface area contributed by atoms with Crippen molar-refractivity contribution in [3.8, 4) is 0 Å². The quantitative estimate of drug-likeness (QED) is 0.341. The normalized spacial score (nSPS) is 30.9. The number of hydrogen-bond donors (Lipinski definition) is 6. The largest absolute Gasteiger partial charge is 0.394 e. The highest BCUT2D eigenvalue weighted by Crippen LogP contribution is 2.24. The molecule has 1 aliphatic rings. The average Bonchev–Trinajstić information content (AvgIpc) is 2.54. The number of primary amides is 1. The number of nitrogens with one attached hydrogen (secondary N) is 1. The van der Waals surface area contributed by atoms with Crippen LogP contribution in [0.4, 0.5) is 5.69 Å². The Hall–Kier alpha value is -1.36. The van der Waals surface area contributed by atoms with Crippen LogP contribution < -0.4 is 11.1 Å². The second-order valence-corrected chi connectivity index (χ2v) is 6.22. The van der Waals surface area contributed by atoms with Crippen molar-refractivity contribution in [3.05, 3.63) is 24.3 Å². The van der Waals surface area contributed by atoms with Crippen molar-refractivity contribution < 1.29 is 30.0 Å². The topological polar surface area (TPSA) is 145 Å². The number of hydrogen-bond acceptors (Lipinski definition) is 8. The summed E-state index contributed by atoms with van der Waals surface area (Å²) in [4.78, 5) is 11.6. The highest BCUT2D eigenvalue weighted by atomic mass is 32.2. The Morgan fingerprint density at radius 1 is 1.17 bits per heavy atom.